The van der Waals surface area contributed by atoms with Gasteiger partial charge in [0, 0.05) is 12.3 Å². The van der Waals surface area contributed by atoms with Gasteiger partial charge in [-0.25, -0.2) is 0 Å². The molecule has 17 heavy (non-hydrogen) atoms. The summed E-state index contributed by atoms with van der Waals surface area (Å²) in [4.78, 5) is 3.80. The molecule has 0 spiro atoms. The number of pyridine rings is 1. The van der Waals surface area contributed by atoms with Crippen molar-refractivity contribution in [2.24, 2.45) is 0 Å². The molecule has 1 aromatic carbocycles. The first-order valence-electron chi connectivity index (χ1n) is 5.06. The SMILES string of the molecule is COc1cccc(OC)c1Oc1c[c]ncc1. The van der Waals surface area contributed by atoms with E-state index in [0.29, 0.717) is 23.0 Å². The molecule has 0 saturated heterocycles. The molecule has 0 unspecified atom stereocenters. The maximum atomic E-state index is 5.70. The van der Waals surface area contributed by atoms with E-state index in [9.17, 15) is 0 Å². The van der Waals surface area contributed by atoms with Crippen molar-refractivity contribution in [1.29, 1.82) is 0 Å². The fourth-order valence-electron chi connectivity index (χ4n) is 1.40. The predicted molar refractivity (Wildman–Crippen MR) is 62.7 cm³/mol. The summed E-state index contributed by atoms with van der Waals surface area (Å²) in [5, 5.41) is 0. The van der Waals surface area contributed by atoms with Crippen molar-refractivity contribution in [2.45, 2.75) is 0 Å². The van der Waals surface area contributed by atoms with Crippen LogP contribution in [-0.2, 0) is 0 Å². The number of nitrogens with zero attached hydrogens (tertiary/aromatic N) is 1. The third-order valence-electron chi connectivity index (χ3n) is 2.20. The Morgan fingerprint density at radius 1 is 1.06 bits per heavy atom. The van der Waals surface area contributed by atoms with Crippen molar-refractivity contribution in [1.82, 2.24) is 4.98 Å². The van der Waals surface area contributed by atoms with Crippen molar-refractivity contribution in [3.8, 4) is 23.0 Å². The number of hydrogen-bond acceptors (Lipinski definition) is 4. The monoisotopic (exact) mass is 230 g/mol. The van der Waals surface area contributed by atoms with Crippen molar-refractivity contribution < 1.29 is 14.2 Å². The highest BCUT2D eigenvalue weighted by molar-refractivity contribution is 5.52. The van der Waals surface area contributed by atoms with Crippen LogP contribution in [0.25, 0.3) is 0 Å². The van der Waals surface area contributed by atoms with Gasteiger partial charge in [-0.2, -0.15) is 0 Å². The van der Waals surface area contributed by atoms with Crippen LogP contribution in [0.1, 0.15) is 0 Å². The van der Waals surface area contributed by atoms with Gasteiger partial charge >= 0.3 is 0 Å². The van der Waals surface area contributed by atoms with Crippen molar-refractivity contribution >= 4 is 0 Å². The molecule has 4 heteroatoms. The van der Waals surface area contributed by atoms with Gasteiger partial charge in [-0.1, -0.05) is 6.07 Å². The molecule has 0 aliphatic rings. The minimum atomic E-state index is 0.539. The fraction of sp³-hybridized carbons (Fsp3) is 0.154. The van der Waals surface area contributed by atoms with E-state index in [0.717, 1.165) is 0 Å². The Hall–Kier alpha value is -2.23. The van der Waals surface area contributed by atoms with Crippen molar-refractivity contribution in [3.63, 3.8) is 0 Å². The molecule has 0 atom stereocenters. The molecule has 1 radical (unpaired) electrons. The van der Waals surface area contributed by atoms with Gasteiger partial charge in [-0.15, -0.1) is 0 Å². The highest BCUT2D eigenvalue weighted by Gasteiger charge is 2.11. The second-order valence-corrected chi connectivity index (χ2v) is 3.21. The molecule has 0 saturated carbocycles. The standard InChI is InChI=1S/C13H12NO3/c1-15-11-4-3-5-12(16-2)13(11)17-10-6-8-14-9-7-10/h3-8H,1-2H3. The molecule has 87 valence electrons. The zero-order valence-electron chi connectivity index (χ0n) is 9.64. The molecule has 1 aromatic heterocycles. The zero-order chi connectivity index (χ0) is 12.1. The minimum absolute atomic E-state index is 0.539. The third kappa shape index (κ3) is 2.47. The first-order valence-corrected chi connectivity index (χ1v) is 5.06. The predicted octanol–water partition coefficient (Wildman–Crippen LogP) is 2.69. The van der Waals surface area contributed by atoms with Crippen molar-refractivity contribution in [2.75, 3.05) is 14.2 Å². The lowest BCUT2D eigenvalue weighted by Crippen LogP contribution is -1.94. The summed E-state index contributed by atoms with van der Waals surface area (Å²) in [6.45, 7) is 0. The maximum absolute atomic E-state index is 5.70. The van der Waals surface area contributed by atoms with Gasteiger partial charge in [0.15, 0.2) is 11.5 Å². The molecule has 4 nitrogen and oxygen atoms in total. The van der Waals surface area contributed by atoms with Crippen LogP contribution in [0.4, 0.5) is 0 Å². The normalized spacial score (nSPS) is 9.76. The smallest absolute Gasteiger partial charge is 0.210 e. The highest BCUT2D eigenvalue weighted by Crippen LogP contribution is 2.39. The zero-order valence-corrected chi connectivity index (χ0v) is 9.64. The topological polar surface area (TPSA) is 40.6 Å². The molecule has 0 aliphatic carbocycles. The molecule has 0 bridgehead atoms. The van der Waals surface area contributed by atoms with Gasteiger partial charge in [0.2, 0.25) is 5.75 Å². The number of methoxy groups -OCH3 is 2. The Labute approximate surface area is 99.8 Å². The maximum Gasteiger partial charge on any atom is 0.210 e. The first kappa shape index (κ1) is 11.3. The number of hydrogen-bond donors (Lipinski definition) is 0. The molecular formula is C13H12NO3. The lowest BCUT2D eigenvalue weighted by molar-refractivity contribution is 0.346. The Bertz CT molecular complexity index is 463. The van der Waals surface area contributed by atoms with Crippen LogP contribution in [-0.4, -0.2) is 19.2 Å². The summed E-state index contributed by atoms with van der Waals surface area (Å²) in [5.74, 6) is 2.39. The van der Waals surface area contributed by atoms with Gasteiger partial charge in [0.1, 0.15) is 5.75 Å². The van der Waals surface area contributed by atoms with Crippen LogP contribution < -0.4 is 14.2 Å². The molecular weight excluding hydrogens is 218 g/mol. The molecule has 0 fully saturated rings. The summed E-state index contributed by atoms with van der Waals surface area (Å²) < 4.78 is 16.2. The van der Waals surface area contributed by atoms with Crippen LogP contribution in [0.3, 0.4) is 0 Å². The fourth-order valence-corrected chi connectivity index (χ4v) is 1.40. The summed E-state index contributed by atoms with van der Waals surface area (Å²) in [7, 11) is 3.17. The molecule has 0 amide bonds. The minimum Gasteiger partial charge on any atom is -0.493 e. The quantitative estimate of drug-likeness (QED) is 0.809. The molecule has 1 heterocycles. The highest BCUT2D eigenvalue weighted by atomic mass is 16.5. The lowest BCUT2D eigenvalue weighted by Gasteiger charge is -2.13. The van der Waals surface area contributed by atoms with Gasteiger partial charge < -0.3 is 14.2 Å². The van der Waals surface area contributed by atoms with E-state index in [-0.39, 0.29) is 0 Å². The Balaban J connectivity index is 2.37. The average molecular weight is 230 g/mol. The number of para-hydroxylation sites is 1. The van der Waals surface area contributed by atoms with Gasteiger partial charge in [-0.3, -0.25) is 4.98 Å². The van der Waals surface area contributed by atoms with Crippen LogP contribution in [0.5, 0.6) is 23.0 Å². The largest absolute Gasteiger partial charge is 0.493 e. The lowest BCUT2D eigenvalue weighted by atomic mass is 10.3. The Kier molecular flexibility index (Phi) is 3.45. The number of rotatable bonds is 4. The van der Waals surface area contributed by atoms with E-state index >= 15 is 0 Å². The number of ether oxygens (including phenoxy) is 3. The average Bonchev–Trinajstić information content (AvgIpc) is 2.40. The van der Waals surface area contributed by atoms with E-state index in [1.54, 1.807) is 32.5 Å². The molecule has 0 N–H and O–H groups in total. The second-order valence-electron chi connectivity index (χ2n) is 3.21. The van der Waals surface area contributed by atoms with Gasteiger partial charge in [0.05, 0.1) is 20.4 Å². The first-order chi connectivity index (χ1) is 8.35. The van der Waals surface area contributed by atoms with E-state index in [4.69, 9.17) is 14.2 Å². The Morgan fingerprint density at radius 2 is 1.76 bits per heavy atom. The van der Waals surface area contributed by atoms with Gasteiger partial charge in [0.25, 0.3) is 0 Å². The summed E-state index contributed by atoms with van der Waals surface area (Å²) in [6, 6.07) is 8.84. The van der Waals surface area contributed by atoms with Crippen LogP contribution in [0.2, 0.25) is 0 Å². The van der Waals surface area contributed by atoms with Crippen molar-refractivity contribution in [3.05, 3.63) is 42.7 Å². The summed E-state index contributed by atoms with van der Waals surface area (Å²) in [5.41, 5.74) is 0. The summed E-state index contributed by atoms with van der Waals surface area (Å²) >= 11 is 0. The van der Waals surface area contributed by atoms with Crippen LogP contribution in [0, 0.1) is 6.20 Å². The number of aromatic nitrogens is 1. The van der Waals surface area contributed by atoms with E-state index in [2.05, 4.69) is 11.2 Å². The van der Waals surface area contributed by atoms with E-state index in [1.807, 2.05) is 18.2 Å². The Morgan fingerprint density at radius 3 is 2.29 bits per heavy atom. The van der Waals surface area contributed by atoms with Gasteiger partial charge in [-0.05, 0) is 18.2 Å². The summed E-state index contributed by atoms with van der Waals surface area (Å²) in [6.07, 6.45) is 4.31. The number of benzene rings is 1. The van der Waals surface area contributed by atoms with E-state index in [1.165, 1.54) is 0 Å². The molecule has 0 aliphatic heterocycles. The van der Waals surface area contributed by atoms with E-state index < -0.39 is 0 Å². The molecule has 2 aromatic rings. The van der Waals surface area contributed by atoms with Crippen LogP contribution in [0.15, 0.2) is 36.5 Å². The molecule has 2 rings (SSSR count). The van der Waals surface area contributed by atoms with Crippen LogP contribution >= 0.6 is 0 Å². The second kappa shape index (κ2) is 5.21. The third-order valence-corrected chi connectivity index (χ3v) is 2.20.